The minimum absolute atomic E-state index is 0.0787. The molecule has 1 heterocycles. The lowest BCUT2D eigenvalue weighted by atomic mass is 10.2. The molecule has 0 saturated heterocycles. The highest BCUT2D eigenvalue weighted by atomic mass is 32.1. The summed E-state index contributed by atoms with van der Waals surface area (Å²) in [5, 5.41) is 2.05. The van der Waals surface area contributed by atoms with Crippen molar-refractivity contribution in [3.63, 3.8) is 0 Å². The van der Waals surface area contributed by atoms with Crippen molar-refractivity contribution in [3.05, 3.63) is 21.9 Å². The number of guanidine groups is 1. The van der Waals surface area contributed by atoms with Crippen molar-refractivity contribution < 1.29 is 0 Å². The predicted molar refractivity (Wildman–Crippen MR) is 53.3 cm³/mol. The molecule has 0 amide bonds. The van der Waals surface area contributed by atoms with Crippen molar-refractivity contribution in [2.75, 3.05) is 0 Å². The Morgan fingerprint density at radius 3 is 2.67 bits per heavy atom. The number of thiophene rings is 1. The summed E-state index contributed by atoms with van der Waals surface area (Å²) in [6.45, 7) is 4.04. The lowest BCUT2D eigenvalue weighted by Crippen LogP contribution is -2.23. The van der Waals surface area contributed by atoms with Gasteiger partial charge in [0.2, 0.25) is 0 Å². The van der Waals surface area contributed by atoms with Crippen molar-refractivity contribution in [3.8, 4) is 0 Å². The van der Waals surface area contributed by atoms with Gasteiger partial charge in [-0.25, -0.2) is 4.99 Å². The van der Waals surface area contributed by atoms with Gasteiger partial charge in [0.15, 0.2) is 5.96 Å². The molecular formula is C8H13N3S. The lowest BCUT2D eigenvalue weighted by molar-refractivity contribution is 0.828. The van der Waals surface area contributed by atoms with Crippen LogP contribution in [0.1, 0.15) is 23.4 Å². The summed E-state index contributed by atoms with van der Waals surface area (Å²) >= 11 is 1.68. The molecule has 1 atom stereocenters. The van der Waals surface area contributed by atoms with E-state index in [1.54, 1.807) is 11.3 Å². The first-order chi connectivity index (χ1) is 5.61. The van der Waals surface area contributed by atoms with Gasteiger partial charge in [-0.1, -0.05) is 0 Å². The van der Waals surface area contributed by atoms with Crippen LogP contribution in [0.4, 0.5) is 0 Å². The van der Waals surface area contributed by atoms with E-state index >= 15 is 0 Å². The van der Waals surface area contributed by atoms with Crippen molar-refractivity contribution in [2.24, 2.45) is 16.5 Å². The topological polar surface area (TPSA) is 64.4 Å². The number of aryl methyl sites for hydroxylation is 1. The molecular weight excluding hydrogens is 170 g/mol. The van der Waals surface area contributed by atoms with Crippen LogP contribution < -0.4 is 11.5 Å². The second-order valence-corrected chi connectivity index (χ2v) is 3.65. The van der Waals surface area contributed by atoms with E-state index < -0.39 is 0 Å². The van der Waals surface area contributed by atoms with Crippen LogP contribution in [0.2, 0.25) is 0 Å². The average Bonchev–Trinajstić information content (AvgIpc) is 2.33. The maximum absolute atomic E-state index is 5.28. The maximum atomic E-state index is 5.28. The van der Waals surface area contributed by atoms with Crippen LogP contribution >= 0.6 is 11.3 Å². The van der Waals surface area contributed by atoms with Crippen LogP contribution in [-0.4, -0.2) is 5.96 Å². The summed E-state index contributed by atoms with van der Waals surface area (Å²) < 4.78 is 0. The van der Waals surface area contributed by atoms with Gasteiger partial charge in [0.1, 0.15) is 0 Å². The molecule has 0 fully saturated rings. The van der Waals surface area contributed by atoms with E-state index in [1.165, 1.54) is 10.4 Å². The van der Waals surface area contributed by atoms with Crippen molar-refractivity contribution in [1.29, 1.82) is 0 Å². The van der Waals surface area contributed by atoms with Crippen molar-refractivity contribution >= 4 is 17.3 Å². The fourth-order valence-corrected chi connectivity index (χ4v) is 2.02. The highest BCUT2D eigenvalue weighted by molar-refractivity contribution is 7.10. The molecule has 0 radical (unpaired) electrons. The molecule has 0 unspecified atom stereocenters. The van der Waals surface area contributed by atoms with Crippen LogP contribution in [0.5, 0.6) is 0 Å². The quantitative estimate of drug-likeness (QED) is 0.537. The molecule has 1 rings (SSSR count). The van der Waals surface area contributed by atoms with Crippen LogP contribution in [0.3, 0.4) is 0 Å². The summed E-state index contributed by atoms with van der Waals surface area (Å²) in [6.07, 6.45) is 0. The standard InChI is InChI=1S/C8H13N3S/c1-5-3-4-12-7(5)6(2)11-8(9)10/h3-4,6H,1-2H3,(H4,9,10,11)/t6-/m0/s1. The van der Waals surface area contributed by atoms with Gasteiger partial charge in [-0.15, -0.1) is 11.3 Å². The van der Waals surface area contributed by atoms with E-state index in [0.717, 1.165) is 0 Å². The fourth-order valence-electron chi connectivity index (χ4n) is 1.09. The van der Waals surface area contributed by atoms with Crippen LogP contribution in [0.15, 0.2) is 16.4 Å². The van der Waals surface area contributed by atoms with Gasteiger partial charge in [0.05, 0.1) is 6.04 Å². The normalized spacial score (nSPS) is 12.5. The largest absolute Gasteiger partial charge is 0.370 e. The minimum Gasteiger partial charge on any atom is -0.370 e. The number of aliphatic imine (C=N–C) groups is 1. The van der Waals surface area contributed by atoms with E-state index in [1.807, 2.05) is 12.3 Å². The molecule has 66 valence electrons. The first kappa shape index (κ1) is 9.06. The van der Waals surface area contributed by atoms with Crippen LogP contribution in [0.25, 0.3) is 0 Å². The first-order valence-corrected chi connectivity index (χ1v) is 4.62. The van der Waals surface area contributed by atoms with Gasteiger partial charge in [-0.05, 0) is 30.9 Å². The molecule has 1 aromatic rings. The monoisotopic (exact) mass is 183 g/mol. The lowest BCUT2D eigenvalue weighted by Gasteiger charge is -2.04. The van der Waals surface area contributed by atoms with E-state index in [4.69, 9.17) is 11.5 Å². The third-order valence-electron chi connectivity index (χ3n) is 1.62. The van der Waals surface area contributed by atoms with Gasteiger partial charge in [-0.3, -0.25) is 0 Å². The highest BCUT2D eigenvalue weighted by Crippen LogP contribution is 2.25. The molecule has 4 heteroatoms. The summed E-state index contributed by atoms with van der Waals surface area (Å²) in [7, 11) is 0. The Balaban J connectivity index is 2.85. The molecule has 0 spiro atoms. The van der Waals surface area contributed by atoms with Gasteiger partial charge in [0, 0.05) is 4.88 Å². The van der Waals surface area contributed by atoms with E-state index in [0.29, 0.717) is 0 Å². The Labute approximate surface area is 76.1 Å². The molecule has 0 aromatic carbocycles. The Bertz CT molecular complexity index is 286. The zero-order chi connectivity index (χ0) is 9.14. The van der Waals surface area contributed by atoms with Crippen molar-refractivity contribution in [1.82, 2.24) is 0 Å². The molecule has 0 aliphatic carbocycles. The summed E-state index contributed by atoms with van der Waals surface area (Å²) in [6, 6.07) is 2.15. The first-order valence-electron chi connectivity index (χ1n) is 3.74. The molecule has 0 bridgehead atoms. The minimum atomic E-state index is 0.0787. The van der Waals surface area contributed by atoms with Gasteiger partial charge < -0.3 is 11.5 Å². The van der Waals surface area contributed by atoms with E-state index in [9.17, 15) is 0 Å². The molecule has 0 aliphatic heterocycles. The second-order valence-electron chi connectivity index (χ2n) is 2.70. The average molecular weight is 183 g/mol. The van der Waals surface area contributed by atoms with Crippen LogP contribution in [0, 0.1) is 6.92 Å². The SMILES string of the molecule is Cc1ccsc1[C@H](C)N=C(N)N. The Hall–Kier alpha value is -1.03. The Morgan fingerprint density at radius 2 is 2.25 bits per heavy atom. The molecule has 0 saturated carbocycles. The zero-order valence-electron chi connectivity index (χ0n) is 7.24. The van der Waals surface area contributed by atoms with Gasteiger partial charge in [-0.2, -0.15) is 0 Å². The van der Waals surface area contributed by atoms with E-state index in [-0.39, 0.29) is 12.0 Å². The van der Waals surface area contributed by atoms with E-state index in [2.05, 4.69) is 18.0 Å². The Morgan fingerprint density at radius 1 is 1.58 bits per heavy atom. The third-order valence-corrected chi connectivity index (χ3v) is 2.81. The van der Waals surface area contributed by atoms with Gasteiger partial charge in [0.25, 0.3) is 0 Å². The summed E-state index contributed by atoms with van der Waals surface area (Å²) in [5.74, 6) is 0.148. The maximum Gasteiger partial charge on any atom is 0.186 e. The zero-order valence-corrected chi connectivity index (χ0v) is 8.06. The fraction of sp³-hybridized carbons (Fsp3) is 0.375. The van der Waals surface area contributed by atoms with Gasteiger partial charge >= 0.3 is 0 Å². The second kappa shape index (κ2) is 3.58. The predicted octanol–water partition coefficient (Wildman–Crippen LogP) is 1.39. The summed E-state index contributed by atoms with van der Waals surface area (Å²) in [5.41, 5.74) is 11.8. The number of nitrogens with two attached hydrogens (primary N) is 2. The molecule has 0 aliphatic rings. The molecule has 3 nitrogen and oxygen atoms in total. The summed E-state index contributed by atoms with van der Waals surface area (Å²) in [4.78, 5) is 5.29. The number of rotatable bonds is 2. The molecule has 4 N–H and O–H groups in total. The molecule has 1 aromatic heterocycles. The number of nitrogens with zero attached hydrogens (tertiary/aromatic N) is 1. The highest BCUT2D eigenvalue weighted by Gasteiger charge is 2.07. The number of hydrogen-bond donors (Lipinski definition) is 2. The van der Waals surface area contributed by atoms with Crippen molar-refractivity contribution in [2.45, 2.75) is 19.9 Å². The Kier molecular flexibility index (Phi) is 2.70. The third kappa shape index (κ3) is 1.98. The smallest absolute Gasteiger partial charge is 0.186 e. The molecule has 12 heavy (non-hydrogen) atoms. The number of hydrogen-bond acceptors (Lipinski definition) is 2. The van der Waals surface area contributed by atoms with Crippen LogP contribution in [-0.2, 0) is 0 Å².